The average molecular weight is 223 g/mol. The Bertz CT molecular complexity index is 410. The number of aliphatic carboxylic acids is 1. The Morgan fingerprint density at radius 3 is 2.38 bits per heavy atom. The van der Waals surface area contributed by atoms with Gasteiger partial charge < -0.3 is 10.8 Å². The first-order valence-corrected chi connectivity index (χ1v) is 4.99. The topological polar surface area (TPSA) is 63.3 Å². The zero-order valence-corrected chi connectivity index (χ0v) is 9.03. The van der Waals surface area contributed by atoms with Crippen LogP contribution in [-0.2, 0) is 11.2 Å². The Labute approximate surface area is 93.4 Å². The van der Waals surface area contributed by atoms with E-state index in [1.807, 2.05) is 0 Å². The molecule has 0 aromatic heterocycles. The Kier molecular flexibility index (Phi) is 4.05. The summed E-state index contributed by atoms with van der Waals surface area (Å²) in [7, 11) is 0. The second kappa shape index (κ2) is 5.30. The molecule has 0 amide bonds. The number of hydrogen-bond donors (Lipinski definition) is 2. The van der Waals surface area contributed by atoms with Crippen molar-refractivity contribution in [3.63, 3.8) is 0 Å². The first-order chi connectivity index (χ1) is 7.54. The minimum atomic E-state index is -0.998. The van der Waals surface area contributed by atoms with Crippen LogP contribution >= 0.6 is 0 Å². The van der Waals surface area contributed by atoms with E-state index in [1.165, 1.54) is 12.1 Å². The Balaban J connectivity index is 2.88. The first kappa shape index (κ1) is 12.2. The van der Waals surface area contributed by atoms with Crippen molar-refractivity contribution in [1.82, 2.24) is 0 Å². The van der Waals surface area contributed by atoms with Crippen molar-refractivity contribution in [2.75, 3.05) is 0 Å². The summed E-state index contributed by atoms with van der Waals surface area (Å²) in [5.74, 6) is -1.32. The van der Waals surface area contributed by atoms with E-state index in [-0.39, 0.29) is 11.4 Å². The van der Waals surface area contributed by atoms with Gasteiger partial charge in [-0.25, -0.2) is 9.18 Å². The van der Waals surface area contributed by atoms with Crippen molar-refractivity contribution >= 4 is 5.97 Å². The quantitative estimate of drug-likeness (QED) is 0.768. The van der Waals surface area contributed by atoms with Crippen LogP contribution in [0.5, 0.6) is 0 Å². The molecule has 3 nitrogen and oxygen atoms in total. The lowest BCUT2D eigenvalue weighted by Gasteiger charge is -2.06. The molecule has 0 aliphatic rings. The summed E-state index contributed by atoms with van der Waals surface area (Å²) in [5.41, 5.74) is 7.04. The first-order valence-electron chi connectivity index (χ1n) is 4.99. The van der Waals surface area contributed by atoms with E-state index >= 15 is 0 Å². The summed E-state index contributed by atoms with van der Waals surface area (Å²) < 4.78 is 12.6. The van der Waals surface area contributed by atoms with Crippen LogP contribution in [0.4, 0.5) is 4.39 Å². The molecule has 0 heterocycles. The summed E-state index contributed by atoms with van der Waals surface area (Å²) in [6.45, 7) is 1.74. The lowest BCUT2D eigenvalue weighted by Crippen LogP contribution is -2.12. The molecule has 86 valence electrons. The molecule has 0 radical (unpaired) electrons. The SMILES string of the molecule is CCC(C(=O)O)=C(N)Cc1ccc(F)cc1. The lowest BCUT2D eigenvalue weighted by atomic mass is 10.0. The third-order valence-electron chi connectivity index (χ3n) is 2.31. The van der Waals surface area contributed by atoms with E-state index in [0.29, 0.717) is 18.5 Å². The standard InChI is InChI=1S/C12H14FNO2/c1-2-10(12(15)16)11(14)7-8-3-5-9(13)6-4-8/h3-6H,2,7,14H2,1H3,(H,15,16). The number of benzene rings is 1. The van der Waals surface area contributed by atoms with E-state index < -0.39 is 5.97 Å². The van der Waals surface area contributed by atoms with Gasteiger partial charge in [0, 0.05) is 12.1 Å². The summed E-state index contributed by atoms with van der Waals surface area (Å²) in [6, 6.07) is 5.85. The van der Waals surface area contributed by atoms with E-state index in [2.05, 4.69) is 0 Å². The third-order valence-corrected chi connectivity index (χ3v) is 2.31. The van der Waals surface area contributed by atoms with Crippen LogP contribution in [0.15, 0.2) is 35.5 Å². The molecule has 0 saturated carbocycles. The number of carboxylic acids is 1. The third kappa shape index (κ3) is 3.08. The van der Waals surface area contributed by atoms with Crippen LogP contribution < -0.4 is 5.73 Å². The van der Waals surface area contributed by atoms with E-state index in [9.17, 15) is 9.18 Å². The maximum absolute atomic E-state index is 12.6. The van der Waals surface area contributed by atoms with Crippen LogP contribution in [-0.4, -0.2) is 11.1 Å². The summed E-state index contributed by atoms with van der Waals surface area (Å²) >= 11 is 0. The highest BCUT2D eigenvalue weighted by atomic mass is 19.1. The Morgan fingerprint density at radius 2 is 1.94 bits per heavy atom. The van der Waals surface area contributed by atoms with E-state index in [0.717, 1.165) is 5.56 Å². The molecule has 4 heteroatoms. The second-order valence-corrected chi connectivity index (χ2v) is 3.47. The van der Waals surface area contributed by atoms with Crippen LogP contribution in [0, 0.1) is 5.82 Å². The molecule has 1 aromatic carbocycles. The van der Waals surface area contributed by atoms with E-state index in [4.69, 9.17) is 10.8 Å². The van der Waals surface area contributed by atoms with Crippen molar-refractivity contribution < 1.29 is 14.3 Å². The largest absolute Gasteiger partial charge is 0.478 e. The molecule has 16 heavy (non-hydrogen) atoms. The maximum Gasteiger partial charge on any atom is 0.333 e. The van der Waals surface area contributed by atoms with Gasteiger partial charge in [0.05, 0.1) is 5.57 Å². The molecule has 0 bridgehead atoms. The number of carbonyl (C=O) groups is 1. The summed E-state index contributed by atoms with van der Waals surface area (Å²) in [5, 5.41) is 8.87. The minimum absolute atomic E-state index is 0.212. The number of rotatable bonds is 4. The van der Waals surface area contributed by atoms with Crippen molar-refractivity contribution in [2.45, 2.75) is 19.8 Å². The average Bonchev–Trinajstić information content (AvgIpc) is 2.22. The monoisotopic (exact) mass is 223 g/mol. The fourth-order valence-corrected chi connectivity index (χ4v) is 1.44. The molecule has 3 N–H and O–H groups in total. The number of hydrogen-bond acceptors (Lipinski definition) is 2. The zero-order valence-electron chi connectivity index (χ0n) is 9.03. The molecule has 0 saturated heterocycles. The van der Waals surface area contributed by atoms with Crippen LogP contribution in [0.2, 0.25) is 0 Å². The van der Waals surface area contributed by atoms with Crippen LogP contribution in [0.3, 0.4) is 0 Å². The molecule has 1 rings (SSSR count). The molecule has 0 fully saturated rings. The highest BCUT2D eigenvalue weighted by Gasteiger charge is 2.10. The molecular weight excluding hydrogens is 209 g/mol. The van der Waals surface area contributed by atoms with Crippen LogP contribution in [0.1, 0.15) is 18.9 Å². The molecule has 0 atom stereocenters. The fraction of sp³-hybridized carbons (Fsp3) is 0.250. The van der Waals surface area contributed by atoms with E-state index in [1.54, 1.807) is 19.1 Å². The number of carboxylic acid groups (broad SMARTS) is 1. The molecule has 0 aliphatic heterocycles. The summed E-state index contributed by atoms with van der Waals surface area (Å²) in [6.07, 6.45) is 0.706. The normalized spacial score (nSPS) is 12.1. The maximum atomic E-state index is 12.6. The summed E-state index contributed by atoms with van der Waals surface area (Å²) in [4.78, 5) is 10.8. The predicted octanol–water partition coefficient (Wildman–Crippen LogP) is 2.08. The Morgan fingerprint density at radius 1 is 1.38 bits per heavy atom. The molecule has 0 aliphatic carbocycles. The number of halogens is 1. The van der Waals surface area contributed by atoms with Gasteiger partial charge in [0.15, 0.2) is 0 Å². The van der Waals surface area contributed by atoms with Gasteiger partial charge in [-0.15, -0.1) is 0 Å². The smallest absolute Gasteiger partial charge is 0.333 e. The van der Waals surface area contributed by atoms with Crippen LogP contribution in [0.25, 0.3) is 0 Å². The van der Waals surface area contributed by atoms with Gasteiger partial charge in [-0.1, -0.05) is 19.1 Å². The molecular formula is C12H14FNO2. The van der Waals surface area contributed by atoms with Gasteiger partial charge in [-0.05, 0) is 24.1 Å². The zero-order chi connectivity index (χ0) is 12.1. The molecule has 0 spiro atoms. The highest BCUT2D eigenvalue weighted by molar-refractivity contribution is 5.87. The van der Waals surface area contributed by atoms with Gasteiger partial charge in [0.25, 0.3) is 0 Å². The number of allylic oxidation sites excluding steroid dienone is 1. The molecule has 1 aromatic rings. The van der Waals surface area contributed by atoms with Crippen molar-refractivity contribution in [3.05, 3.63) is 46.9 Å². The van der Waals surface area contributed by atoms with Crippen molar-refractivity contribution in [1.29, 1.82) is 0 Å². The predicted molar refractivity (Wildman–Crippen MR) is 59.2 cm³/mol. The van der Waals surface area contributed by atoms with Gasteiger partial charge in [-0.2, -0.15) is 0 Å². The van der Waals surface area contributed by atoms with Gasteiger partial charge in [-0.3, -0.25) is 0 Å². The van der Waals surface area contributed by atoms with Gasteiger partial charge in [0.1, 0.15) is 5.82 Å². The minimum Gasteiger partial charge on any atom is -0.478 e. The number of nitrogens with two attached hydrogens (primary N) is 1. The van der Waals surface area contributed by atoms with Gasteiger partial charge >= 0.3 is 5.97 Å². The van der Waals surface area contributed by atoms with Crippen molar-refractivity contribution in [2.24, 2.45) is 5.73 Å². The highest BCUT2D eigenvalue weighted by Crippen LogP contribution is 2.11. The molecule has 0 unspecified atom stereocenters. The Hall–Kier alpha value is -1.84. The second-order valence-electron chi connectivity index (χ2n) is 3.47. The fourth-order valence-electron chi connectivity index (χ4n) is 1.44. The van der Waals surface area contributed by atoms with Gasteiger partial charge in [0.2, 0.25) is 0 Å². The van der Waals surface area contributed by atoms with Crippen molar-refractivity contribution in [3.8, 4) is 0 Å². The lowest BCUT2D eigenvalue weighted by molar-refractivity contribution is -0.132.